The van der Waals surface area contributed by atoms with Crippen molar-refractivity contribution >= 4 is 0 Å². The predicted octanol–water partition coefficient (Wildman–Crippen LogP) is 3.07. The third kappa shape index (κ3) is 3.55. The highest BCUT2D eigenvalue weighted by molar-refractivity contribution is 4.65. The Morgan fingerprint density at radius 2 is 2.00 bits per heavy atom. The summed E-state index contributed by atoms with van der Waals surface area (Å²) in [5, 5.41) is 0. The SMILES string of the molecule is CCCCCC[C@@H]1C[C@H](C)OO1. The Morgan fingerprint density at radius 3 is 2.58 bits per heavy atom. The van der Waals surface area contributed by atoms with Crippen LogP contribution in [0.5, 0.6) is 0 Å². The smallest absolute Gasteiger partial charge is 0.0955 e. The van der Waals surface area contributed by atoms with Crippen molar-refractivity contribution in [3.8, 4) is 0 Å². The van der Waals surface area contributed by atoms with Crippen molar-refractivity contribution in [2.45, 2.75) is 64.6 Å². The van der Waals surface area contributed by atoms with Gasteiger partial charge >= 0.3 is 0 Å². The van der Waals surface area contributed by atoms with Gasteiger partial charge in [0.1, 0.15) is 0 Å². The molecule has 12 heavy (non-hydrogen) atoms. The lowest BCUT2D eigenvalue weighted by molar-refractivity contribution is -0.294. The second-order valence-electron chi connectivity index (χ2n) is 3.71. The van der Waals surface area contributed by atoms with Gasteiger partial charge in [-0.1, -0.05) is 32.6 Å². The third-order valence-electron chi connectivity index (χ3n) is 2.33. The topological polar surface area (TPSA) is 18.5 Å². The summed E-state index contributed by atoms with van der Waals surface area (Å²) in [6.45, 7) is 4.29. The maximum Gasteiger partial charge on any atom is 0.0955 e. The fraction of sp³-hybridized carbons (Fsp3) is 1.00. The van der Waals surface area contributed by atoms with Crippen molar-refractivity contribution in [2.24, 2.45) is 0 Å². The molecule has 0 spiro atoms. The predicted molar refractivity (Wildman–Crippen MR) is 48.8 cm³/mol. The summed E-state index contributed by atoms with van der Waals surface area (Å²) in [5.41, 5.74) is 0. The molecule has 1 rings (SSSR count). The van der Waals surface area contributed by atoms with Crippen LogP contribution in [0.1, 0.15) is 52.4 Å². The van der Waals surface area contributed by atoms with Gasteiger partial charge in [0, 0.05) is 6.42 Å². The normalized spacial score (nSPS) is 29.5. The first-order valence-corrected chi connectivity index (χ1v) is 5.15. The van der Waals surface area contributed by atoms with Crippen LogP contribution in [0.25, 0.3) is 0 Å². The molecular weight excluding hydrogens is 152 g/mol. The summed E-state index contributed by atoms with van der Waals surface area (Å²) < 4.78 is 0. The van der Waals surface area contributed by atoms with E-state index >= 15 is 0 Å². The Balaban J connectivity index is 1.93. The van der Waals surface area contributed by atoms with E-state index in [4.69, 9.17) is 9.78 Å². The monoisotopic (exact) mass is 172 g/mol. The molecule has 0 aromatic heterocycles. The Labute approximate surface area is 75.2 Å². The molecule has 0 amide bonds. The summed E-state index contributed by atoms with van der Waals surface area (Å²) >= 11 is 0. The average Bonchev–Trinajstić information content (AvgIpc) is 2.45. The molecule has 0 aliphatic carbocycles. The summed E-state index contributed by atoms with van der Waals surface area (Å²) in [6.07, 6.45) is 8.20. The lowest BCUT2D eigenvalue weighted by atomic mass is 10.1. The van der Waals surface area contributed by atoms with Crippen molar-refractivity contribution in [1.82, 2.24) is 0 Å². The van der Waals surface area contributed by atoms with Crippen LogP contribution in [0.3, 0.4) is 0 Å². The number of unbranched alkanes of at least 4 members (excludes halogenated alkanes) is 3. The van der Waals surface area contributed by atoms with Crippen molar-refractivity contribution in [2.75, 3.05) is 0 Å². The maximum atomic E-state index is 5.15. The van der Waals surface area contributed by atoms with Crippen LogP contribution >= 0.6 is 0 Å². The second-order valence-corrected chi connectivity index (χ2v) is 3.71. The Hall–Kier alpha value is -0.0800. The van der Waals surface area contributed by atoms with Gasteiger partial charge < -0.3 is 0 Å². The van der Waals surface area contributed by atoms with Crippen molar-refractivity contribution in [3.63, 3.8) is 0 Å². The molecule has 1 aliphatic rings. The molecule has 0 radical (unpaired) electrons. The first-order valence-electron chi connectivity index (χ1n) is 5.15. The number of hydrogen-bond donors (Lipinski definition) is 0. The molecule has 2 heteroatoms. The molecule has 2 nitrogen and oxygen atoms in total. The summed E-state index contributed by atoms with van der Waals surface area (Å²) in [5.74, 6) is 0. The van der Waals surface area contributed by atoms with Gasteiger partial charge in [-0.25, -0.2) is 9.78 Å². The van der Waals surface area contributed by atoms with Gasteiger partial charge in [0.2, 0.25) is 0 Å². The van der Waals surface area contributed by atoms with Gasteiger partial charge in [-0.15, -0.1) is 0 Å². The maximum absolute atomic E-state index is 5.15. The molecule has 1 saturated heterocycles. The molecule has 72 valence electrons. The summed E-state index contributed by atoms with van der Waals surface area (Å²) in [7, 11) is 0. The van der Waals surface area contributed by atoms with Gasteiger partial charge in [0.25, 0.3) is 0 Å². The lowest BCUT2D eigenvalue weighted by Crippen LogP contribution is -2.04. The van der Waals surface area contributed by atoms with Gasteiger partial charge in [0.15, 0.2) is 0 Å². The molecule has 0 unspecified atom stereocenters. The fourth-order valence-electron chi connectivity index (χ4n) is 1.59. The zero-order valence-electron chi connectivity index (χ0n) is 8.21. The molecule has 1 heterocycles. The van der Waals surface area contributed by atoms with E-state index in [1.807, 2.05) is 0 Å². The Morgan fingerprint density at radius 1 is 1.17 bits per heavy atom. The molecular formula is C10H20O2. The summed E-state index contributed by atoms with van der Waals surface area (Å²) in [6, 6.07) is 0. The van der Waals surface area contributed by atoms with E-state index in [-0.39, 0.29) is 0 Å². The van der Waals surface area contributed by atoms with Crippen LogP contribution in [0.4, 0.5) is 0 Å². The molecule has 0 N–H and O–H groups in total. The van der Waals surface area contributed by atoms with Gasteiger partial charge in [-0.05, 0) is 13.3 Å². The molecule has 0 aromatic carbocycles. The highest BCUT2D eigenvalue weighted by atomic mass is 17.2. The van der Waals surface area contributed by atoms with Gasteiger partial charge in [-0.3, -0.25) is 0 Å². The third-order valence-corrected chi connectivity index (χ3v) is 2.33. The van der Waals surface area contributed by atoms with Crippen LogP contribution in [-0.4, -0.2) is 12.2 Å². The van der Waals surface area contributed by atoms with E-state index in [1.54, 1.807) is 0 Å². The standard InChI is InChI=1S/C10H20O2/c1-3-4-5-6-7-10-8-9(2)11-12-10/h9-10H,3-8H2,1-2H3/t9-,10+/m0/s1. The molecule has 0 aromatic rings. The van der Waals surface area contributed by atoms with Crippen LogP contribution in [-0.2, 0) is 9.78 Å². The average molecular weight is 172 g/mol. The van der Waals surface area contributed by atoms with E-state index in [0.29, 0.717) is 12.2 Å². The number of hydrogen-bond acceptors (Lipinski definition) is 2. The van der Waals surface area contributed by atoms with Crippen molar-refractivity contribution < 1.29 is 9.78 Å². The van der Waals surface area contributed by atoms with E-state index in [0.717, 1.165) is 6.42 Å². The van der Waals surface area contributed by atoms with E-state index in [1.165, 1.54) is 32.1 Å². The van der Waals surface area contributed by atoms with E-state index < -0.39 is 0 Å². The minimum absolute atomic E-state index is 0.307. The molecule has 0 bridgehead atoms. The fourth-order valence-corrected chi connectivity index (χ4v) is 1.59. The van der Waals surface area contributed by atoms with Crippen molar-refractivity contribution in [1.29, 1.82) is 0 Å². The first kappa shape index (κ1) is 10.0. The quantitative estimate of drug-likeness (QED) is 0.468. The zero-order chi connectivity index (χ0) is 8.81. The molecule has 0 saturated carbocycles. The van der Waals surface area contributed by atoms with Crippen LogP contribution < -0.4 is 0 Å². The van der Waals surface area contributed by atoms with Crippen LogP contribution in [0.15, 0.2) is 0 Å². The highest BCUT2D eigenvalue weighted by Gasteiger charge is 2.22. The van der Waals surface area contributed by atoms with E-state index in [9.17, 15) is 0 Å². The molecule has 1 fully saturated rings. The molecule has 2 atom stereocenters. The minimum Gasteiger partial charge on any atom is -0.233 e. The summed E-state index contributed by atoms with van der Waals surface area (Å²) in [4.78, 5) is 10.2. The van der Waals surface area contributed by atoms with Crippen molar-refractivity contribution in [3.05, 3.63) is 0 Å². The number of rotatable bonds is 5. The Bertz CT molecular complexity index is 114. The molecule has 1 aliphatic heterocycles. The largest absolute Gasteiger partial charge is 0.233 e. The van der Waals surface area contributed by atoms with Crippen LogP contribution in [0.2, 0.25) is 0 Å². The first-order chi connectivity index (χ1) is 5.83. The van der Waals surface area contributed by atoms with Gasteiger partial charge in [0.05, 0.1) is 12.2 Å². The minimum atomic E-state index is 0.307. The zero-order valence-corrected chi connectivity index (χ0v) is 8.21. The Kier molecular flexibility index (Phi) is 4.62. The van der Waals surface area contributed by atoms with E-state index in [2.05, 4.69) is 13.8 Å². The second kappa shape index (κ2) is 5.55. The van der Waals surface area contributed by atoms with Crippen LogP contribution in [0, 0.1) is 0 Å². The van der Waals surface area contributed by atoms with Gasteiger partial charge in [-0.2, -0.15) is 0 Å². The highest BCUT2D eigenvalue weighted by Crippen LogP contribution is 2.21. The lowest BCUT2D eigenvalue weighted by Gasteiger charge is -2.04.